The first kappa shape index (κ1) is 8.51. The molecule has 2 rings (SSSR count). The molecule has 0 saturated heterocycles. The van der Waals surface area contributed by atoms with Crippen LogP contribution in [0.1, 0.15) is 0 Å². The summed E-state index contributed by atoms with van der Waals surface area (Å²) in [6.07, 6.45) is 4.09. The van der Waals surface area contributed by atoms with Gasteiger partial charge >= 0.3 is 0 Å². The first-order valence-electron chi connectivity index (χ1n) is 4.04. The van der Waals surface area contributed by atoms with Crippen LogP contribution in [0, 0.1) is 0 Å². The molecule has 0 spiro atoms. The molecule has 13 heavy (non-hydrogen) atoms. The Hall–Kier alpha value is -1.09. The first-order chi connectivity index (χ1) is 6.35. The maximum atomic E-state index is 5.17. The van der Waals surface area contributed by atoms with Crippen LogP contribution in [-0.2, 0) is 0 Å². The summed E-state index contributed by atoms with van der Waals surface area (Å²) in [4.78, 5) is 4.47. The molecule has 0 aliphatic rings. The standard InChI is InChI=1S/C10H11NOS/c1-12-7-3-4-9-8(5-7)10(13-2)6-11-9/h3-6,11H,1-2H3. The van der Waals surface area contributed by atoms with Crippen LogP contribution in [0.25, 0.3) is 10.9 Å². The van der Waals surface area contributed by atoms with Crippen LogP contribution >= 0.6 is 11.8 Å². The molecule has 2 nitrogen and oxygen atoms in total. The van der Waals surface area contributed by atoms with E-state index in [2.05, 4.69) is 17.3 Å². The minimum absolute atomic E-state index is 0.905. The van der Waals surface area contributed by atoms with Gasteiger partial charge in [-0.1, -0.05) is 0 Å². The fraction of sp³-hybridized carbons (Fsp3) is 0.200. The number of fused-ring (bicyclic) bond motifs is 1. The van der Waals surface area contributed by atoms with Crippen LogP contribution in [0.3, 0.4) is 0 Å². The minimum atomic E-state index is 0.905. The Balaban J connectivity index is 2.64. The summed E-state index contributed by atoms with van der Waals surface area (Å²) in [7, 11) is 1.69. The summed E-state index contributed by atoms with van der Waals surface area (Å²) >= 11 is 1.74. The summed E-state index contributed by atoms with van der Waals surface area (Å²) in [6, 6.07) is 6.05. The predicted molar refractivity (Wildman–Crippen MR) is 56.6 cm³/mol. The topological polar surface area (TPSA) is 25.0 Å². The molecule has 0 aliphatic carbocycles. The van der Waals surface area contributed by atoms with E-state index in [9.17, 15) is 0 Å². The van der Waals surface area contributed by atoms with Crippen molar-refractivity contribution in [3.05, 3.63) is 24.4 Å². The summed E-state index contributed by atoms with van der Waals surface area (Å²) in [5.74, 6) is 0.905. The van der Waals surface area contributed by atoms with Crippen LogP contribution < -0.4 is 4.74 Å². The molecule has 1 N–H and O–H groups in total. The first-order valence-corrected chi connectivity index (χ1v) is 5.26. The number of aromatic nitrogens is 1. The van der Waals surface area contributed by atoms with E-state index in [0.29, 0.717) is 0 Å². The van der Waals surface area contributed by atoms with Crippen LogP contribution in [-0.4, -0.2) is 18.3 Å². The third-order valence-corrected chi connectivity index (χ3v) is 2.85. The molecule has 0 bridgehead atoms. The number of ether oxygens (including phenoxy) is 1. The Kier molecular flexibility index (Phi) is 2.19. The summed E-state index contributed by atoms with van der Waals surface area (Å²) in [6.45, 7) is 0. The molecule has 0 unspecified atom stereocenters. The number of aromatic amines is 1. The van der Waals surface area contributed by atoms with Gasteiger partial charge in [0.2, 0.25) is 0 Å². The molecule has 0 saturated carbocycles. The number of benzene rings is 1. The van der Waals surface area contributed by atoms with Crippen molar-refractivity contribution in [3.8, 4) is 5.75 Å². The van der Waals surface area contributed by atoms with Gasteiger partial charge in [0, 0.05) is 22.0 Å². The summed E-state index contributed by atoms with van der Waals surface area (Å²) in [5, 5.41) is 1.23. The van der Waals surface area contributed by atoms with Crippen molar-refractivity contribution in [2.75, 3.05) is 13.4 Å². The summed E-state index contributed by atoms with van der Waals surface area (Å²) < 4.78 is 5.17. The van der Waals surface area contributed by atoms with Crippen LogP contribution in [0.15, 0.2) is 29.3 Å². The van der Waals surface area contributed by atoms with Gasteiger partial charge in [-0.2, -0.15) is 0 Å². The number of methoxy groups -OCH3 is 1. The molecular formula is C10H11NOS. The molecular weight excluding hydrogens is 182 g/mol. The van der Waals surface area contributed by atoms with Crippen molar-refractivity contribution in [2.24, 2.45) is 0 Å². The number of H-pyrrole nitrogens is 1. The van der Waals surface area contributed by atoms with Crippen LogP contribution in [0.2, 0.25) is 0 Å². The van der Waals surface area contributed by atoms with E-state index in [0.717, 1.165) is 11.3 Å². The van der Waals surface area contributed by atoms with E-state index in [4.69, 9.17) is 4.74 Å². The molecule has 0 amide bonds. The van der Waals surface area contributed by atoms with E-state index in [1.54, 1.807) is 18.9 Å². The summed E-state index contributed by atoms with van der Waals surface area (Å²) in [5.41, 5.74) is 1.16. The molecule has 1 aromatic carbocycles. The van der Waals surface area contributed by atoms with E-state index in [-0.39, 0.29) is 0 Å². The lowest BCUT2D eigenvalue weighted by atomic mass is 10.2. The molecule has 1 heterocycles. The van der Waals surface area contributed by atoms with Crippen LogP contribution in [0.4, 0.5) is 0 Å². The molecule has 0 fully saturated rings. The van der Waals surface area contributed by atoms with Crippen molar-refractivity contribution >= 4 is 22.7 Å². The SMILES string of the molecule is COc1ccc2[nH]cc(SC)c2c1. The van der Waals surface area contributed by atoms with Gasteiger partial charge in [0.05, 0.1) is 7.11 Å². The van der Waals surface area contributed by atoms with Gasteiger partial charge in [0.25, 0.3) is 0 Å². The second kappa shape index (κ2) is 3.34. The molecule has 0 atom stereocenters. The minimum Gasteiger partial charge on any atom is -0.497 e. The Labute approximate surface area is 81.3 Å². The van der Waals surface area contributed by atoms with Crippen molar-refractivity contribution in [1.29, 1.82) is 0 Å². The number of thioether (sulfide) groups is 1. The zero-order valence-corrected chi connectivity index (χ0v) is 8.44. The smallest absolute Gasteiger partial charge is 0.119 e. The molecule has 0 aliphatic heterocycles. The highest BCUT2D eigenvalue weighted by Crippen LogP contribution is 2.28. The monoisotopic (exact) mass is 193 g/mol. The number of hydrogen-bond acceptors (Lipinski definition) is 2. The zero-order chi connectivity index (χ0) is 9.26. The van der Waals surface area contributed by atoms with Gasteiger partial charge in [0.15, 0.2) is 0 Å². The molecule has 68 valence electrons. The Bertz CT molecular complexity index is 422. The van der Waals surface area contributed by atoms with Gasteiger partial charge in [-0.05, 0) is 24.5 Å². The predicted octanol–water partition coefficient (Wildman–Crippen LogP) is 2.90. The van der Waals surface area contributed by atoms with E-state index in [1.807, 2.05) is 18.3 Å². The molecule has 1 aromatic heterocycles. The van der Waals surface area contributed by atoms with Crippen molar-refractivity contribution in [3.63, 3.8) is 0 Å². The second-order valence-electron chi connectivity index (χ2n) is 2.77. The number of nitrogens with one attached hydrogen (secondary N) is 1. The van der Waals surface area contributed by atoms with E-state index in [1.165, 1.54) is 10.3 Å². The average molecular weight is 193 g/mol. The van der Waals surface area contributed by atoms with Gasteiger partial charge in [-0.15, -0.1) is 11.8 Å². The van der Waals surface area contributed by atoms with Gasteiger partial charge in [-0.3, -0.25) is 0 Å². The number of rotatable bonds is 2. The van der Waals surface area contributed by atoms with Crippen molar-refractivity contribution < 1.29 is 4.74 Å². The van der Waals surface area contributed by atoms with E-state index < -0.39 is 0 Å². The lowest BCUT2D eigenvalue weighted by molar-refractivity contribution is 0.415. The fourth-order valence-electron chi connectivity index (χ4n) is 1.37. The Morgan fingerprint density at radius 3 is 2.92 bits per heavy atom. The third-order valence-electron chi connectivity index (χ3n) is 2.07. The van der Waals surface area contributed by atoms with Gasteiger partial charge in [-0.25, -0.2) is 0 Å². The Morgan fingerprint density at radius 2 is 2.23 bits per heavy atom. The quantitative estimate of drug-likeness (QED) is 0.742. The highest BCUT2D eigenvalue weighted by atomic mass is 32.2. The van der Waals surface area contributed by atoms with Gasteiger partial charge in [0.1, 0.15) is 5.75 Å². The van der Waals surface area contributed by atoms with Gasteiger partial charge < -0.3 is 9.72 Å². The van der Waals surface area contributed by atoms with Crippen molar-refractivity contribution in [2.45, 2.75) is 4.90 Å². The van der Waals surface area contributed by atoms with Crippen molar-refractivity contribution in [1.82, 2.24) is 4.98 Å². The maximum absolute atomic E-state index is 5.17. The number of hydrogen-bond donors (Lipinski definition) is 1. The zero-order valence-electron chi connectivity index (χ0n) is 7.63. The normalized spacial score (nSPS) is 10.6. The molecule has 3 heteroatoms. The highest BCUT2D eigenvalue weighted by Gasteiger charge is 2.02. The largest absolute Gasteiger partial charge is 0.497 e. The maximum Gasteiger partial charge on any atom is 0.119 e. The third kappa shape index (κ3) is 1.40. The second-order valence-corrected chi connectivity index (χ2v) is 3.62. The lowest BCUT2D eigenvalue weighted by Crippen LogP contribution is -1.81. The lowest BCUT2D eigenvalue weighted by Gasteiger charge is -1.99. The molecule has 0 radical (unpaired) electrons. The van der Waals surface area contributed by atoms with Crippen LogP contribution in [0.5, 0.6) is 5.75 Å². The highest BCUT2D eigenvalue weighted by molar-refractivity contribution is 7.98. The molecule has 2 aromatic rings. The Morgan fingerprint density at radius 1 is 1.38 bits per heavy atom. The van der Waals surface area contributed by atoms with E-state index >= 15 is 0 Å². The fourth-order valence-corrected chi connectivity index (χ4v) is 1.94. The average Bonchev–Trinajstić information content (AvgIpc) is 2.59.